The summed E-state index contributed by atoms with van der Waals surface area (Å²) in [5, 5.41) is 3.55. The third-order valence-electron chi connectivity index (χ3n) is 2.40. The van der Waals surface area contributed by atoms with Gasteiger partial charge >= 0.3 is 0 Å². The highest BCUT2D eigenvalue weighted by Gasteiger charge is 2.17. The molecule has 0 aliphatic rings. The van der Waals surface area contributed by atoms with Crippen molar-refractivity contribution < 1.29 is 4.79 Å². The minimum Gasteiger partial charge on any atom is -0.382 e. The largest absolute Gasteiger partial charge is 0.382 e. The van der Waals surface area contributed by atoms with Crippen molar-refractivity contribution in [1.29, 1.82) is 0 Å². The molecule has 1 heterocycles. The van der Waals surface area contributed by atoms with Crippen LogP contribution in [0.3, 0.4) is 0 Å². The van der Waals surface area contributed by atoms with E-state index in [1.54, 1.807) is 0 Å². The van der Waals surface area contributed by atoms with E-state index in [1.807, 2.05) is 11.9 Å². The van der Waals surface area contributed by atoms with E-state index in [0.717, 1.165) is 24.5 Å². The molecule has 1 aromatic rings. The van der Waals surface area contributed by atoms with Crippen LogP contribution >= 0.6 is 11.3 Å². The molecule has 1 aromatic heterocycles. The predicted molar refractivity (Wildman–Crippen MR) is 76.1 cm³/mol. The highest BCUT2D eigenvalue weighted by molar-refractivity contribution is 7.18. The fourth-order valence-electron chi connectivity index (χ4n) is 1.46. The molecule has 0 radical (unpaired) electrons. The molecule has 18 heavy (non-hydrogen) atoms. The quantitative estimate of drug-likeness (QED) is 0.633. The number of anilines is 2. The summed E-state index contributed by atoms with van der Waals surface area (Å²) in [5.41, 5.74) is 11.1. The number of hydrogen-bond donors (Lipinski definition) is 3. The smallest absolute Gasteiger partial charge is 0.265 e. The lowest BCUT2D eigenvalue weighted by Gasteiger charge is -2.13. The number of hydrogen-bond acceptors (Lipinski definition) is 6. The van der Waals surface area contributed by atoms with Crippen LogP contribution in [0.5, 0.6) is 0 Å². The number of thiazole rings is 1. The number of nitrogens with zero attached hydrogens (tertiary/aromatic N) is 2. The molecule has 0 unspecified atom stereocenters. The SMILES string of the molecule is CCCN(C)c1nc(N)c(C(=O)NCCCN)s1. The first kappa shape index (κ1) is 14.7. The Morgan fingerprint density at radius 1 is 1.56 bits per heavy atom. The number of nitrogen functional groups attached to an aromatic ring is 1. The van der Waals surface area contributed by atoms with Crippen LogP contribution in [-0.2, 0) is 0 Å². The van der Waals surface area contributed by atoms with Gasteiger partial charge in [-0.2, -0.15) is 0 Å². The average Bonchev–Trinajstić information content (AvgIpc) is 2.72. The molecule has 0 aliphatic carbocycles. The van der Waals surface area contributed by atoms with Crippen molar-refractivity contribution in [3.8, 4) is 0 Å². The van der Waals surface area contributed by atoms with E-state index in [0.29, 0.717) is 23.8 Å². The van der Waals surface area contributed by atoms with Crippen molar-refractivity contribution in [1.82, 2.24) is 10.3 Å². The molecule has 0 saturated heterocycles. The van der Waals surface area contributed by atoms with Gasteiger partial charge in [0.15, 0.2) is 5.13 Å². The minimum atomic E-state index is -0.172. The van der Waals surface area contributed by atoms with Gasteiger partial charge < -0.3 is 21.7 Å². The first-order valence-corrected chi connectivity index (χ1v) is 6.87. The lowest BCUT2D eigenvalue weighted by Crippen LogP contribution is -2.25. The van der Waals surface area contributed by atoms with Crippen LogP contribution in [0.2, 0.25) is 0 Å². The summed E-state index contributed by atoms with van der Waals surface area (Å²) in [6, 6.07) is 0. The van der Waals surface area contributed by atoms with E-state index in [1.165, 1.54) is 11.3 Å². The Morgan fingerprint density at radius 2 is 2.28 bits per heavy atom. The van der Waals surface area contributed by atoms with Crippen LogP contribution in [0.4, 0.5) is 10.9 Å². The molecule has 6 nitrogen and oxygen atoms in total. The standard InChI is InChI=1S/C11H21N5OS/c1-3-7-16(2)11-15-9(13)8(18-11)10(17)14-6-4-5-12/h3-7,12-13H2,1-2H3,(H,14,17). The summed E-state index contributed by atoms with van der Waals surface area (Å²) in [7, 11) is 1.94. The maximum atomic E-state index is 11.9. The van der Waals surface area contributed by atoms with E-state index in [9.17, 15) is 4.79 Å². The molecule has 1 rings (SSSR count). The van der Waals surface area contributed by atoms with E-state index in [-0.39, 0.29) is 5.91 Å². The van der Waals surface area contributed by atoms with Gasteiger partial charge in [-0.1, -0.05) is 18.3 Å². The van der Waals surface area contributed by atoms with Crippen LogP contribution < -0.4 is 21.7 Å². The molecule has 0 spiro atoms. The van der Waals surface area contributed by atoms with Crippen LogP contribution in [0.15, 0.2) is 0 Å². The van der Waals surface area contributed by atoms with Gasteiger partial charge in [-0.3, -0.25) is 4.79 Å². The first-order valence-electron chi connectivity index (χ1n) is 6.05. The summed E-state index contributed by atoms with van der Waals surface area (Å²) >= 11 is 1.32. The number of carbonyl (C=O) groups excluding carboxylic acids is 1. The second-order valence-electron chi connectivity index (χ2n) is 4.03. The molecule has 0 bridgehead atoms. The molecule has 0 aromatic carbocycles. The van der Waals surface area contributed by atoms with Crippen molar-refractivity contribution in [3.63, 3.8) is 0 Å². The zero-order valence-electron chi connectivity index (χ0n) is 10.9. The zero-order chi connectivity index (χ0) is 13.5. The average molecular weight is 271 g/mol. The maximum Gasteiger partial charge on any atom is 0.265 e. The Kier molecular flexibility index (Phi) is 5.87. The van der Waals surface area contributed by atoms with Crippen LogP contribution in [0.1, 0.15) is 29.4 Å². The Morgan fingerprint density at radius 3 is 2.89 bits per heavy atom. The van der Waals surface area contributed by atoms with Gasteiger partial charge in [0, 0.05) is 20.1 Å². The van der Waals surface area contributed by atoms with Crippen molar-refractivity contribution in [2.45, 2.75) is 19.8 Å². The lowest BCUT2D eigenvalue weighted by atomic mass is 10.4. The number of carbonyl (C=O) groups is 1. The van der Waals surface area contributed by atoms with E-state index < -0.39 is 0 Å². The molecule has 0 saturated carbocycles. The van der Waals surface area contributed by atoms with Crippen molar-refractivity contribution in [3.05, 3.63) is 4.88 Å². The van der Waals surface area contributed by atoms with Gasteiger partial charge in [0.1, 0.15) is 10.7 Å². The summed E-state index contributed by atoms with van der Waals surface area (Å²) in [6.45, 7) is 4.10. The van der Waals surface area contributed by atoms with Crippen LogP contribution in [-0.4, -0.2) is 37.6 Å². The van der Waals surface area contributed by atoms with Gasteiger partial charge in [-0.25, -0.2) is 4.98 Å². The highest BCUT2D eigenvalue weighted by atomic mass is 32.1. The fourth-order valence-corrected chi connectivity index (χ4v) is 2.35. The molecule has 1 amide bonds. The molecule has 102 valence electrons. The predicted octanol–water partition coefficient (Wildman–Crippen LogP) is 0.650. The Bertz CT molecular complexity index is 393. The topological polar surface area (TPSA) is 97.3 Å². The van der Waals surface area contributed by atoms with Gasteiger partial charge in [0.2, 0.25) is 0 Å². The second-order valence-corrected chi connectivity index (χ2v) is 5.01. The minimum absolute atomic E-state index is 0.172. The number of nitrogens with one attached hydrogen (secondary N) is 1. The van der Waals surface area contributed by atoms with Crippen molar-refractivity contribution in [2.24, 2.45) is 5.73 Å². The van der Waals surface area contributed by atoms with E-state index >= 15 is 0 Å². The number of nitrogens with two attached hydrogens (primary N) is 2. The Hall–Kier alpha value is -1.34. The van der Waals surface area contributed by atoms with E-state index in [2.05, 4.69) is 17.2 Å². The third kappa shape index (κ3) is 3.85. The van der Waals surface area contributed by atoms with Crippen molar-refractivity contribution in [2.75, 3.05) is 37.3 Å². The van der Waals surface area contributed by atoms with Gasteiger partial charge in [-0.15, -0.1) is 0 Å². The molecule has 0 aliphatic heterocycles. The molecule has 5 N–H and O–H groups in total. The second kappa shape index (κ2) is 7.17. The zero-order valence-corrected chi connectivity index (χ0v) is 11.7. The summed E-state index contributed by atoms with van der Waals surface area (Å²) < 4.78 is 0. The highest BCUT2D eigenvalue weighted by Crippen LogP contribution is 2.27. The maximum absolute atomic E-state index is 11.9. The number of aromatic nitrogens is 1. The van der Waals surface area contributed by atoms with Crippen LogP contribution in [0.25, 0.3) is 0 Å². The molecular formula is C11H21N5OS. The first-order chi connectivity index (χ1) is 8.60. The normalized spacial score (nSPS) is 10.4. The Labute approximate surface area is 111 Å². The number of amides is 1. The molecular weight excluding hydrogens is 250 g/mol. The molecule has 7 heteroatoms. The third-order valence-corrected chi connectivity index (χ3v) is 3.58. The molecule has 0 fully saturated rings. The lowest BCUT2D eigenvalue weighted by molar-refractivity contribution is 0.0958. The summed E-state index contributed by atoms with van der Waals surface area (Å²) in [4.78, 5) is 18.5. The number of rotatable bonds is 7. The van der Waals surface area contributed by atoms with Gasteiger partial charge in [0.05, 0.1) is 0 Å². The monoisotopic (exact) mass is 271 g/mol. The fraction of sp³-hybridized carbons (Fsp3) is 0.636. The molecule has 0 atom stereocenters. The van der Waals surface area contributed by atoms with E-state index in [4.69, 9.17) is 11.5 Å². The van der Waals surface area contributed by atoms with Crippen molar-refractivity contribution >= 4 is 28.2 Å². The van der Waals surface area contributed by atoms with Gasteiger partial charge in [-0.05, 0) is 19.4 Å². The Balaban J connectivity index is 2.68. The van der Waals surface area contributed by atoms with Crippen LogP contribution in [0, 0.1) is 0 Å². The summed E-state index contributed by atoms with van der Waals surface area (Å²) in [6.07, 6.45) is 1.78. The van der Waals surface area contributed by atoms with Gasteiger partial charge in [0.25, 0.3) is 5.91 Å². The summed E-state index contributed by atoms with van der Waals surface area (Å²) in [5.74, 6) is 0.123.